The first-order valence-electron chi connectivity index (χ1n) is 41.7. The van der Waals surface area contributed by atoms with Crippen LogP contribution in [-0.2, 0) is 33.0 Å². The topological polar surface area (TPSA) is 267 Å². The molecule has 0 bridgehead atoms. The highest BCUT2D eigenvalue weighted by Gasteiger charge is 2.11. The van der Waals surface area contributed by atoms with Crippen molar-refractivity contribution in [3.63, 3.8) is 0 Å². The van der Waals surface area contributed by atoms with Gasteiger partial charge < -0.3 is 44.5 Å². The number of aliphatic hydroxyl groups is 5. The molecular formula is C112H109N3O15. The predicted molar refractivity (Wildman–Crippen MR) is 532 cm³/mol. The van der Waals surface area contributed by atoms with Crippen molar-refractivity contribution in [3.8, 4) is 23.0 Å². The Morgan fingerprint density at radius 3 is 0.723 bits per heavy atom. The molecule has 0 aliphatic heterocycles. The van der Waals surface area contributed by atoms with Gasteiger partial charge in [-0.2, -0.15) is 0 Å². The Bertz CT molecular complexity index is 5870. The fourth-order valence-electron chi connectivity index (χ4n) is 12.6. The van der Waals surface area contributed by atoms with Crippen molar-refractivity contribution >= 4 is 102 Å². The van der Waals surface area contributed by atoms with Gasteiger partial charge in [-0.05, 0) is 119 Å². The van der Waals surface area contributed by atoms with Crippen LogP contribution >= 0.6 is 0 Å². The summed E-state index contributed by atoms with van der Waals surface area (Å²) in [4.78, 5) is 30.7. The number of aliphatic hydroxyl groups excluding tert-OH is 5. The van der Waals surface area contributed by atoms with E-state index < -0.39 is 4.92 Å². The number of nitrogens with zero attached hydrogens (tertiary/aromatic N) is 3. The third kappa shape index (κ3) is 34.1. The van der Waals surface area contributed by atoms with Gasteiger partial charge in [0.15, 0.2) is 0 Å². The Morgan fingerprint density at radius 2 is 0.469 bits per heavy atom. The molecule has 5 N–H and O–H groups in total. The summed E-state index contributed by atoms with van der Waals surface area (Å²) in [5.74, 6) is 3.09. The molecular weight excluding hydrogens is 1630 g/mol. The number of ether oxygens (including phenoxy) is 4. The number of aryl methyl sites for hydroxylation is 5. The molecule has 14 aromatic carbocycles. The SMILES string of the molecule is COc1c(/C=C/c2ccc(C)cc2)cccc1CO.COc1c(/C=C/c2ccc(C)cc2)cccc1CO.COc1c(/C=C/c2ccc(C)cc2)cccc1CO.COc1cc(/C=C/c2ccc(CO)cc2)ccc1C.Cc1ccc(/C=C/c2cccc([N+](=O)[O-])c2)cc1.O=[N+]([O-])c1cccc(/C=C/c2ccc(CO)cc2)c1.O=[N+]([O-])c1cccc(/C=C/c2ccccc2)c1. The van der Waals surface area contributed by atoms with Gasteiger partial charge in [-0.15, -0.1) is 0 Å². The van der Waals surface area contributed by atoms with Gasteiger partial charge in [0.2, 0.25) is 0 Å². The van der Waals surface area contributed by atoms with Crippen LogP contribution in [0.5, 0.6) is 23.0 Å². The summed E-state index contributed by atoms with van der Waals surface area (Å²) in [6.45, 7) is 10.3. The van der Waals surface area contributed by atoms with Gasteiger partial charge in [-0.1, -0.05) is 386 Å². The first-order chi connectivity index (χ1) is 63.0. The lowest BCUT2D eigenvalue weighted by atomic mass is 10.1. The van der Waals surface area contributed by atoms with E-state index in [9.17, 15) is 45.7 Å². The summed E-state index contributed by atoms with van der Waals surface area (Å²) in [7, 11) is 6.55. The lowest BCUT2D eigenvalue weighted by Gasteiger charge is -2.09. The highest BCUT2D eigenvalue weighted by Crippen LogP contribution is 2.31. The number of hydrogen-bond donors (Lipinski definition) is 5. The molecule has 0 unspecified atom stereocenters. The maximum Gasteiger partial charge on any atom is 0.270 e. The summed E-state index contributed by atoms with van der Waals surface area (Å²) in [6, 6.07) is 101. The summed E-state index contributed by atoms with van der Waals surface area (Å²) in [5, 5.41) is 77.7. The van der Waals surface area contributed by atoms with Gasteiger partial charge in [0, 0.05) is 69.8 Å². The van der Waals surface area contributed by atoms with Crippen LogP contribution in [0.25, 0.3) is 85.1 Å². The molecule has 0 saturated heterocycles. The third-order valence-electron chi connectivity index (χ3n) is 19.9. The van der Waals surface area contributed by atoms with E-state index in [0.717, 1.165) is 134 Å². The van der Waals surface area contributed by atoms with Gasteiger partial charge in [-0.3, -0.25) is 30.3 Å². The highest BCUT2D eigenvalue weighted by molar-refractivity contribution is 5.78. The number of rotatable bonds is 26. The highest BCUT2D eigenvalue weighted by atomic mass is 16.6. The Hall–Kier alpha value is -15.5. The first kappa shape index (κ1) is 99.9. The van der Waals surface area contributed by atoms with Crippen molar-refractivity contribution in [2.75, 3.05) is 28.4 Å². The van der Waals surface area contributed by atoms with E-state index in [1.807, 2.05) is 281 Å². The van der Waals surface area contributed by atoms with Crippen molar-refractivity contribution in [2.24, 2.45) is 0 Å². The molecule has 662 valence electrons. The number of non-ortho nitro benzene ring substituents is 3. The van der Waals surface area contributed by atoms with Gasteiger partial charge in [0.1, 0.15) is 23.0 Å². The molecule has 18 nitrogen and oxygen atoms in total. The molecule has 0 spiro atoms. The molecule has 0 fully saturated rings. The fourth-order valence-corrected chi connectivity index (χ4v) is 12.6. The largest absolute Gasteiger partial charge is 0.496 e. The standard InChI is InChI=1S/4C17H18O2.C15H13NO3.C15H13NO2.C14H11NO2/c1-13-3-4-15(11-17(13)19-2)8-5-14-6-9-16(12-18)10-7-14;3*1-13-6-8-14(9-7-13)10-11-15-4-3-5-16(12-18)17(15)19-2;17-11-14-8-5-12(6-9-14)4-7-13-2-1-3-15(10-13)16(18)19;1-12-5-7-13(8-6-12)9-10-14-3-2-4-15(11-14)16(17)18;16-15(17)14-8-4-7-13(11-14)10-9-12-5-2-1-3-6-12/h4*3-11,18H,12H2,1-2H3;1-10,17H,11H2;2-11H,1H3;1-11H/b8-5+;3*11-10+;7-4+;2*10-9+. The minimum Gasteiger partial charge on any atom is -0.496 e. The van der Waals surface area contributed by atoms with Crippen LogP contribution in [0.15, 0.2) is 322 Å². The second kappa shape index (κ2) is 54.4. The van der Waals surface area contributed by atoms with E-state index in [0.29, 0.717) is 0 Å². The molecule has 14 rings (SSSR count). The average Bonchev–Trinajstić information content (AvgIpc) is 0.870. The van der Waals surface area contributed by atoms with E-state index in [-0.39, 0.29) is 59.9 Å². The Morgan fingerprint density at radius 1 is 0.238 bits per heavy atom. The molecule has 0 aromatic heterocycles. The maximum absolute atomic E-state index is 10.7. The molecule has 0 atom stereocenters. The van der Waals surface area contributed by atoms with Crippen molar-refractivity contribution < 1.29 is 59.3 Å². The molecule has 130 heavy (non-hydrogen) atoms. The lowest BCUT2D eigenvalue weighted by molar-refractivity contribution is -0.385. The minimum atomic E-state index is -0.409. The Balaban J connectivity index is 0.000000187. The smallest absolute Gasteiger partial charge is 0.270 e. The van der Waals surface area contributed by atoms with Crippen LogP contribution < -0.4 is 18.9 Å². The molecule has 14 aromatic rings. The quantitative estimate of drug-likeness (QED) is 0.0192. The van der Waals surface area contributed by atoms with Crippen LogP contribution in [0.4, 0.5) is 17.1 Å². The first-order valence-corrected chi connectivity index (χ1v) is 41.7. The van der Waals surface area contributed by atoms with Gasteiger partial charge >= 0.3 is 0 Å². The van der Waals surface area contributed by atoms with Crippen LogP contribution in [0.1, 0.15) is 134 Å². The van der Waals surface area contributed by atoms with E-state index in [1.54, 1.807) is 58.8 Å². The lowest BCUT2D eigenvalue weighted by Crippen LogP contribution is -1.94. The summed E-state index contributed by atoms with van der Waals surface area (Å²) >= 11 is 0. The number of benzene rings is 14. The van der Waals surface area contributed by atoms with Crippen molar-refractivity contribution in [3.05, 3.63) is 485 Å². The number of para-hydroxylation sites is 3. The van der Waals surface area contributed by atoms with Crippen molar-refractivity contribution in [2.45, 2.75) is 67.7 Å². The van der Waals surface area contributed by atoms with Crippen LogP contribution in [0.2, 0.25) is 0 Å². The second-order valence-electron chi connectivity index (χ2n) is 29.6. The van der Waals surface area contributed by atoms with Gasteiger partial charge in [-0.25, -0.2) is 0 Å². The monoisotopic (exact) mass is 1740 g/mol. The summed E-state index contributed by atoms with van der Waals surface area (Å²) in [5.41, 5.74) is 24.6. The van der Waals surface area contributed by atoms with E-state index in [1.165, 1.54) is 46.5 Å². The Kier molecular flexibility index (Phi) is 41.8. The van der Waals surface area contributed by atoms with E-state index >= 15 is 0 Å². The molecule has 0 heterocycles. The number of methoxy groups -OCH3 is 4. The molecule has 18 heteroatoms. The minimum absolute atomic E-state index is 0.0185. The maximum atomic E-state index is 10.7. The zero-order valence-electron chi connectivity index (χ0n) is 74.4. The van der Waals surface area contributed by atoms with Gasteiger partial charge in [0.25, 0.3) is 17.1 Å². The molecule has 0 amide bonds. The zero-order valence-corrected chi connectivity index (χ0v) is 74.4. The molecule has 0 saturated carbocycles. The zero-order chi connectivity index (χ0) is 93.4. The van der Waals surface area contributed by atoms with Crippen molar-refractivity contribution in [1.29, 1.82) is 0 Å². The number of hydrogen-bond acceptors (Lipinski definition) is 15. The molecule has 0 aliphatic rings. The van der Waals surface area contributed by atoms with Crippen LogP contribution in [-0.4, -0.2) is 68.7 Å². The van der Waals surface area contributed by atoms with E-state index in [2.05, 4.69) is 106 Å². The fraction of sp³-hybridized carbons (Fsp3) is 0.125. The number of nitro benzene ring substituents is 3. The summed E-state index contributed by atoms with van der Waals surface area (Å²) in [6.07, 6.45) is 27.5. The van der Waals surface area contributed by atoms with Crippen LogP contribution in [0.3, 0.4) is 0 Å². The van der Waals surface area contributed by atoms with Crippen LogP contribution in [0, 0.1) is 65.0 Å². The molecule has 0 radical (unpaired) electrons. The normalized spacial score (nSPS) is 10.8. The molecule has 0 aliphatic carbocycles. The summed E-state index contributed by atoms with van der Waals surface area (Å²) < 4.78 is 21.4. The van der Waals surface area contributed by atoms with Crippen molar-refractivity contribution in [1.82, 2.24) is 0 Å². The average molecular weight is 1740 g/mol. The third-order valence-corrected chi connectivity index (χ3v) is 19.9. The second-order valence-corrected chi connectivity index (χ2v) is 29.6. The Labute approximate surface area is 761 Å². The number of nitro groups is 3. The van der Waals surface area contributed by atoms with Gasteiger partial charge in [0.05, 0.1) is 76.2 Å². The van der Waals surface area contributed by atoms with E-state index in [4.69, 9.17) is 29.2 Å². The predicted octanol–water partition coefficient (Wildman–Crippen LogP) is 25.8.